The molecule has 0 fully saturated rings. The third kappa shape index (κ3) is 2.41. The van der Waals surface area contributed by atoms with Gasteiger partial charge in [0.15, 0.2) is 17.3 Å². The predicted octanol–water partition coefficient (Wildman–Crippen LogP) is 2.65. The summed E-state index contributed by atoms with van der Waals surface area (Å²) >= 11 is 0. The molecule has 2 aromatic carbocycles. The van der Waals surface area contributed by atoms with Gasteiger partial charge in [-0.1, -0.05) is 12.1 Å². The first-order valence-corrected chi connectivity index (χ1v) is 8.05. The fourth-order valence-corrected chi connectivity index (χ4v) is 2.99. The number of rotatable bonds is 2. The van der Waals surface area contributed by atoms with Gasteiger partial charge in [0.2, 0.25) is 6.79 Å². The van der Waals surface area contributed by atoms with Crippen LogP contribution in [0.1, 0.15) is 15.9 Å². The molecular weight excluding hydrogens is 334 g/mol. The third-order valence-electron chi connectivity index (χ3n) is 4.31. The Balaban J connectivity index is 1.45. The zero-order chi connectivity index (χ0) is 17.5. The molecular formula is C19H13N3O4. The molecule has 128 valence electrons. The van der Waals surface area contributed by atoms with Crippen LogP contribution >= 0.6 is 0 Å². The topological polar surface area (TPSA) is 75.5 Å². The maximum Gasteiger partial charge on any atom is 0.231 e. The summed E-state index contributed by atoms with van der Waals surface area (Å²) < 4.78 is 18.1. The molecule has 0 N–H and O–H groups in total. The Kier molecular flexibility index (Phi) is 3.24. The number of ketones is 1. The fourth-order valence-electron chi connectivity index (χ4n) is 2.99. The largest absolute Gasteiger partial charge is 0.488 e. The number of aromatic nitrogens is 3. The molecule has 26 heavy (non-hydrogen) atoms. The van der Waals surface area contributed by atoms with Crippen LogP contribution in [0.25, 0.3) is 11.8 Å². The molecule has 0 amide bonds. The Labute approximate surface area is 148 Å². The first-order valence-electron chi connectivity index (χ1n) is 8.05. The fraction of sp³-hybridized carbons (Fsp3) is 0.105. The lowest BCUT2D eigenvalue weighted by atomic mass is 9.98. The molecule has 2 aliphatic heterocycles. The highest BCUT2D eigenvalue weighted by Crippen LogP contribution is 2.40. The van der Waals surface area contributed by atoms with Crippen molar-refractivity contribution >= 4 is 11.9 Å². The van der Waals surface area contributed by atoms with Crippen LogP contribution in [-0.4, -0.2) is 33.9 Å². The molecule has 0 atom stereocenters. The molecule has 2 aliphatic rings. The lowest BCUT2D eigenvalue weighted by molar-refractivity contribution is 0.100. The first kappa shape index (κ1) is 14.7. The average Bonchev–Trinajstić information content (AvgIpc) is 3.35. The summed E-state index contributed by atoms with van der Waals surface area (Å²) in [6.45, 7) is 0.379. The summed E-state index contributed by atoms with van der Waals surface area (Å²) in [5.41, 5.74) is 2.88. The van der Waals surface area contributed by atoms with Crippen molar-refractivity contribution in [3.63, 3.8) is 0 Å². The Morgan fingerprint density at radius 2 is 1.81 bits per heavy atom. The lowest BCUT2D eigenvalue weighted by Crippen LogP contribution is -2.19. The van der Waals surface area contributed by atoms with Crippen molar-refractivity contribution in [2.75, 3.05) is 13.4 Å². The normalized spacial score (nSPS) is 16.5. The van der Waals surface area contributed by atoms with Gasteiger partial charge in [-0.2, -0.15) is 5.10 Å². The van der Waals surface area contributed by atoms with Crippen LogP contribution in [0.4, 0.5) is 0 Å². The Morgan fingerprint density at radius 1 is 1.00 bits per heavy atom. The van der Waals surface area contributed by atoms with E-state index in [4.69, 9.17) is 14.2 Å². The van der Waals surface area contributed by atoms with Crippen molar-refractivity contribution in [2.24, 2.45) is 0 Å². The predicted molar refractivity (Wildman–Crippen MR) is 91.7 cm³/mol. The van der Waals surface area contributed by atoms with Crippen LogP contribution in [0.2, 0.25) is 0 Å². The molecule has 5 rings (SSSR count). The second-order valence-corrected chi connectivity index (χ2v) is 5.92. The molecule has 3 heterocycles. The Bertz CT molecular complexity index is 1020. The van der Waals surface area contributed by atoms with Gasteiger partial charge in [0.05, 0.1) is 11.3 Å². The van der Waals surface area contributed by atoms with Gasteiger partial charge in [-0.15, -0.1) is 0 Å². The number of fused-ring (bicyclic) bond motifs is 2. The van der Waals surface area contributed by atoms with E-state index in [0.29, 0.717) is 28.4 Å². The molecule has 3 aromatic rings. The zero-order valence-electron chi connectivity index (χ0n) is 13.6. The molecule has 7 nitrogen and oxygen atoms in total. The lowest BCUT2D eigenvalue weighted by Gasteiger charge is -2.19. The van der Waals surface area contributed by atoms with E-state index in [9.17, 15) is 4.79 Å². The molecule has 0 unspecified atom stereocenters. The highest BCUT2D eigenvalue weighted by Gasteiger charge is 2.27. The van der Waals surface area contributed by atoms with Gasteiger partial charge in [-0.05, 0) is 29.8 Å². The van der Waals surface area contributed by atoms with Crippen LogP contribution in [0.15, 0.2) is 54.6 Å². The maximum absolute atomic E-state index is 12.8. The molecule has 7 heteroatoms. The zero-order valence-corrected chi connectivity index (χ0v) is 13.6. The number of carbonyl (C=O) groups is 1. The molecule has 0 saturated carbocycles. The minimum Gasteiger partial charge on any atom is -0.488 e. The Hall–Kier alpha value is -3.61. The van der Waals surface area contributed by atoms with Crippen molar-refractivity contribution < 1.29 is 19.0 Å². The highest BCUT2D eigenvalue weighted by molar-refractivity contribution is 6.14. The maximum atomic E-state index is 12.8. The van der Waals surface area contributed by atoms with Crippen LogP contribution < -0.4 is 14.2 Å². The molecule has 0 spiro atoms. The standard InChI is InChI=1S/C19H13N3O4/c23-19-13(5-12-1-3-14(4-2-12)22-10-20-9-21-22)8-24-16-7-18-17(6-15(16)19)25-11-26-18/h1-7,9-10H,8,11H2/b13-5+. The third-order valence-corrected chi connectivity index (χ3v) is 4.31. The SMILES string of the molecule is O=C1/C(=C/c2ccc(-n3cncn3)cc2)COc2cc3c(cc21)OCO3. The molecule has 0 aliphatic carbocycles. The van der Waals surface area contributed by atoms with Gasteiger partial charge < -0.3 is 14.2 Å². The van der Waals surface area contributed by atoms with E-state index < -0.39 is 0 Å². The molecule has 1 aromatic heterocycles. The van der Waals surface area contributed by atoms with E-state index in [0.717, 1.165) is 11.3 Å². The quantitative estimate of drug-likeness (QED) is 0.664. The van der Waals surface area contributed by atoms with E-state index in [1.54, 1.807) is 23.1 Å². The number of hydrogen-bond acceptors (Lipinski definition) is 6. The van der Waals surface area contributed by atoms with E-state index in [2.05, 4.69) is 10.1 Å². The van der Waals surface area contributed by atoms with Crippen molar-refractivity contribution in [1.29, 1.82) is 0 Å². The Morgan fingerprint density at radius 3 is 2.58 bits per heavy atom. The van der Waals surface area contributed by atoms with Crippen molar-refractivity contribution in [2.45, 2.75) is 0 Å². The number of hydrogen-bond donors (Lipinski definition) is 0. The summed E-state index contributed by atoms with van der Waals surface area (Å²) in [7, 11) is 0. The first-order chi connectivity index (χ1) is 12.8. The van der Waals surface area contributed by atoms with Gasteiger partial charge in [-0.3, -0.25) is 4.79 Å². The van der Waals surface area contributed by atoms with E-state index >= 15 is 0 Å². The molecule has 0 bridgehead atoms. The average molecular weight is 347 g/mol. The van der Waals surface area contributed by atoms with Crippen LogP contribution in [0.3, 0.4) is 0 Å². The second-order valence-electron chi connectivity index (χ2n) is 5.92. The summed E-state index contributed by atoms with van der Waals surface area (Å²) in [5.74, 6) is 1.63. The minimum atomic E-state index is -0.0649. The number of Topliss-reactive ketones (excluding diaryl/α,β-unsaturated/α-hetero) is 1. The van der Waals surface area contributed by atoms with E-state index in [-0.39, 0.29) is 19.2 Å². The van der Waals surface area contributed by atoms with Crippen LogP contribution in [0.5, 0.6) is 17.2 Å². The summed E-state index contributed by atoms with van der Waals surface area (Å²) in [4.78, 5) is 16.7. The number of benzene rings is 2. The second kappa shape index (κ2) is 5.73. The van der Waals surface area contributed by atoms with Crippen molar-refractivity contribution in [3.05, 3.63) is 65.8 Å². The smallest absolute Gasteiger partial charge is 0.231 e. The molecule has 0 saturated heterocycles. The van der Waals surface area contributed by atoms with Crippen molar-refractivity contribution in [3.8, 4) is 22.9 Å². The summed E-state index contributed by atoms with van der Waals surface area (Å²) in [6, 6.07) is 11.1. The summed E-state index contributed by atoms with van der Waals surface area (Å²) in [6.07, 6.45) is 4.95. The van der Waals surface area contributed by atoms with E-state index in [1.807, 2.05) is 30.3 Å². The highest BCUT2D eigenvalue weighted by atomic mass is 16.7. The minimum absolute atomic E-state index is 0.0649. The van der Waals surface area contributed by atoms with Gasteiger partial charge in [0, 0.05) is 11.6 Å². The van der Waals surface area contributed by atoms with Crippen molar-refractivity contribution in [1.82, 2.24) is 14.8 Å². The van der Waals surface area contributed by atoms with Gasteiger partial charge in [0.1, 0.15) is 25.0 Å². The van der Waals surface area contributed by atoms with Gasteiger partial charge >= 0.3 is 0 Å². The van der Waals surface area contributed by atoms with Crippen LogP contribution in [0, 0.1) is 0 Å². The van der Waals surface area contributed by atoms with E-state index in [1.165, 1.54) is 6.33 Å². The van der Waals surface area contributed by atoms with Crippen LogP contribution in [-0.2, 0) is 0 Å². The monoisotopic (exact) mass is 347 g/mol. The number of carbonyl (C=O) groups excluding carboxylic acids is 1. The molecule has 0 radical (unpaired) electrons. The van der Waals surface area contributed by atoms with Gasteiger partial charge in [0.25, 0.3) is 0 Å². The van der Waals surface area contributed by atoms with Gasteiger partial charge in [-0.25, -0.2) is 9.67 Å². The summed E-state index contributed by atoms with van der Waals surface area (Å²) in [5, 5.41) is 4.09. The number of nitrogens with zero attached hydrogens (tertiary/aromatic N) is 3. The number of ether oxygens (including phenoxy) is 3.